The molecule has 2 unspecified atom stereocenters. The fraction of sp³-hybridized carbons (Fsp3) is 0.400. The van der Waals surface area contributed by atoms with Gasteiger partial charge in [0, 0.05) is 25.0 Å². The molecule has 2 N–H and O–H groups in total. The van der Waals surface area contributed by atoms with Gasteiger partial charge < -0.3 is 9.84 Å². The molecule has 0 radical (unpaired) electrons. The van der Waals surface area contributed by atoms with Gasteiger partial charge in [0.05, 0.1) is 12.3 Å². The number of nitrogens with one attached hydrogen (secondary N) is 1. The molecule has 0 fully saturated rings. The van der Waals surface area contributed by atoms with Crippen LogP contribution >= 0.6 is 0 Å². The minimum Gasteiger partial charge on any atom is -0.457 e. The van der Waals surface area contributed by atoms with Crippen LogP contribution in [0, 0.1) is 0 Å². The van der Waals surface area contributed by atoms with Crippen LogP contribution in [0.15, 0.2) is 42.5 Å². The number of benzene rings is 2. The highest BCUT2D eigenvalue weighted by Crippen LogP contribution is 2.39. The predicted octanol–water partition coefficient (Wildman–Crippen LogP) is 4.85. The summed E-state index contributed by atoms with van der Waals surface area (Å²) in [7, 11) is 0. The van der Waals surface area contributed by atoms with Crippen molar-refractivity contribution in [3.05, 3.63) is 53.6 Å². The Morgan fingerprint density at radius 1 is 1.21 bits per heavy atom. The van der Waals surface area contributed by atoms with Crippen LogP contribution in [-0.4, -0.2) is 28.7 Å². The standard InChI is InChI=1S/C20H22F3NO4S/c21-20(22,23)10-3-11-27-29(26)24-15-4-1-5-16(12-15)28-19-7-2-6-17-14(13-25)8-9-18(17)19/h1-2,4-7,12,14,24-25H,3,8-11,13H2. The summed E-state index contributed by atoms with van der Waals surface area (Å²) in [6.45, 7) is -0.165. The summed E-state index contributed by atoms with van der Waals surface area (Å²) in [4.78, 5) is 0. The lowest BCUT2D eigenvalue weighted by Crippen LogP contribution is -2.12. The molecule has 0 bridgehead atoms. The predicted molar refractivity (Wildman–Crippen MR) is 104 cm³/mol. The summed E-state index contributed by atoms with van der Waals surface area (Å²) < 4.78 is 61.6. The van der Waals surface area contributed by atoms with Crippen molar-refractivity contribution in [1.29, 1.82) is 0 Å². The number of hydrogen-bond acceptors (Lipinski definition) is 4. The Balaban J connectivity index is 1.58. The largest absolute Gasteiger partial charge is 0.457 e. The second-order valence-corrected chi connectivity index (χ2v) is 7.66. The van der Waals surface area contributed by atoms with Crippen LogP contribution in [0.5, 0.6) is 11.5 Å². The Bertz CT molecular complexity index is 860. The minimum absolute atomic E-state index is 0.102. The molecule has 29 heavy (non-hydrogen) atoms. The Morgan fingerprint density at radius 3 is 2.76 bits per heavy atom. The van der Waals surface area contributed by atoms with Crippen LogP contribution in [-0.2, 0) is 21.9 Å². The van der Waals surface area contributed by atoms with E-state index < -0.39 is 23.9 Å². The third-order valence-electron chi connectivity index (χ3n) is 4.63. The molecule has 1 aliphatic rings. The number of aliphatic hydroxyl groups is 1. The van der Waals surface area contributed by atoms with E-state index in [4.69, 9.17) is 8.92 Å². The number of aliphatic hydroxyl groups excluding tert-OH is 1. The lowest BCUT2D eigenvalue weighted by Gasteiger charge is -2.13. The van der Waals surface area contributed by atoms with Crippen molar-refractivity contribution in [2.45, 2.75) is 37.8 Å². The maximum Gasteiger partial charge on any atom is 0.389 e. The zero-order valence-electron chi connectivity index (χ0n) is 15.6. The van der Waals surface area contributed by atoms with Crippen molar-refractivity contribution in [1.82, 2.24) is 0 Å². The molecule has 0 amide bonds. The number of ether oxygens (including phenoxy) is 1. The molecule has 5 nitrogen and oxygen atoms in total. The number of halogens is 3. The van der Waals surface area contributed by atoms with Gasteiger partial charge in [-0.05, 0) is 48.6 Å². The van der Waals surface area contributed by atoms with Crippen LogP contribution in [0.4, 0.5) is 18.9 Å². The first-order valence-corrected chi connectivity index (χ1v) is 10.3. The van der Waals surface area contributed by atoms with E-state index in [2.05, 4.69) is 4.72 Å². The molecule has 0 heterocycles. The Kier molecular flexibility index (Phi) is 7.15. The number of anilines is 1. The first kappa shape index (κ1) is 21.6. The Hall–Kier alpha value is -2.10. The molecule has 0 aromatic heterocycles. The summed E-state index contributed by atoms with van der Waals surface area (Å²) in [6.07, 6.45) is -3.79. The van der Waals surface area contributed by atoms with E-state index in [1.165, 1.54) is 0 Å². The van der Waals surface area contributed by atoms with E-state index in [1.54, 1.807) is 24.3 Å². The summed E-state index contributed by atoms with van der Waals surface area (Å²) >= 11 is -1.96. The van der Waals surface area contributed by atoms with Gasteiger partial charge in [0.25, 0.3) is 11.3 Å². The van der Waals surface area contributed by atoms with Crippen molar-refractivity contribution in [2.75, 3.05) is 17.9 Å². The number of rotatable bonds is 9. The quantitative estimate of drug-likeness (QED) is 0.559. The average Bonchev–Trinajstić information content (AvgIpc) is 3.09. The fourth-order valence-corrected chi connectivity index (χ4v) is 3.92. The molecule has 2 aromatic rings. The molecule has 9 heteroatoms. The molecular weight excluding hydrogens is 407 g/mol. The molecule has 2 aromatic carbocycles. The van der Waals surface area contributed by atoms with E-state index in [0.29, 0.717) is 17.2 Å². The minimum atomic E-state index is -4.25. The Labute approximate surface area is 169 Å². The van der Waals surface area contributed by atoms with Crippen LogP contribution in [0.3, 0.4) is 0 Å². The van der Waals surface area contributed by atoms with Gasteiger partial charge in [-0.25, -0.2) is 4.21 Å². The Morgan fingerprint density at radius 2 is 2.00 bits per heavy atom. The normalized spacial score (nSPS) is 17.0. The van der Waals surface area contributed by atoms with Gasteiger partial charge in [0.2, 0.25) is 0 Å². The second-order valence-electron chi connectivity index (χ2n) is 6.75. The first-order valence-electron chi connectivity index (χ1n) is 9.25. The zero-order chi connectivity index (χ0) is 20.9. The highest BCUT2D eigenvalue weighted by Gasteiger charge is 2.26. The van der Waals surface area contributed by atoms with Crippen LogP contribution in [0.2, 0.25) is 0 Å². The third kappa shape index (κ3) is 6.19. The van der Waals surface area contributed by atoms with Crippen molar-refractivity contribution < 1.29 is 31.4 Å². The van der Waals surface area contributed by atoms with E-state index in [1.807, 2.05) is 18.2 Å². The second kappa shape index (κ2) is 9.60. The molecule has 2 atom stereocenters. The monoisotopic (exact) mass is 429 g/mol. The highest BCUT2D eigenvalue weighted by atomic mass is 32.2. The first-order chi connectivity index (χ1) is 13.9. The average molecular weight is 429 g/mol. The summed E-state index contributed by atoms with van der Waals surface area (Å²) in [5.74, 6) is 1.35. The molecule has 158 valence electrons. The molecule has 3 rings (SSSR count). The van der Waals surface area contributed by atoms with E-state index in [0.717, 1.165) is 24.0 Å². The van der Waals surface area contributed by atoms with Gasteiger partial charge in [-0.2, -0.15) is 13.2 Å². The van der Waals surface area contributed by atoms with E-state index >= 15 is 0 Å². The van der Waals surface area contributed by atoms with E-state index in [-0.39, 0.29) is 25.6 Å². The van der Waals surface area contributed by atoms with Crippen LogP contribution in [0.1, 0.15) is 36.3 Å². The maximum atomic E-state index is 12.1. The molecule has 0 saturated carbocycles. The molecule has 0 aliphatic heterocycles. The van der Waals surface area contributed by atoms with Crippen LogP contribution < -0.4 is 9.46 Å². The number of hydrogen-bond donors (Lipinski definition) is 2. The van der Waals surface area contributed by atoms with E-state index in [9.17, 15) is 22.5 Å². The van der Waals surface area contributed by atoms with Crippen molar-refractivity contribution in [2.24, 2.45) is 0 Å². The smallest absolute Gasteiger partial charge is 0.389 e. The van der Waals surface area contributed by atoms with Gasteiger partial charge in [-0.3, -0.25) is 8.91 Å². The molecular formula is C20H22F3NO4S. The van der Waals surface area contributed by atoms with Gasteiger partial charge in [0.1, 0.15) is 11.5 Å². The summed E-state index contributed by atoms with van der Waals surface area (Å²) in [5.41, 5.74) is 2.62. The van der Waals surface area contributed by atoms with Crippen molar-refractivity contribution in [3.63, 3.8) is 0 Å². The molecule has 0 spiro atoms. The summed E-state index contributed by atoms with van der Waals surface area (Å²) in [5, 5.41) is 9.49. The van der Waals surface area contributed by atoms with Gasteiger partial charge in [0.15, 0.2) is 0 Å². The van der Waals surface area contributed by atoms with Gasteiger partial charge in [-0.15, -0.1) is 0 Å². The number of fused-ring (bicyclic) bond motifs is 1. The third-order valence-corrected chi connectivity index (χ3v) is 5.41. The highest BCUT2D eigenvalue weighted by molar-refractivity contribution is 7.81. The SMILES string of the molecule is O=S(Nc1cccc(Oc2cccc3c2CCC3CO)c1)OCCCC(F)(F)F. The zero-order valence-corrected chi connectivity index (χ0v) is 16.4. The lowest BCUT2D eigenvalue weighted by atomic mass is 10.0. The lowest BCUT2D eigenvalue weighted by molar-refractivity contribution is -0.136. The van der Waals surface area contributed by atoms with Gasteiger partial charge in [-0.1, -0.05) is 18.2 Å². The summed E-state index contributed by atoms with van der Waals surface area (Å²) in [6, 6.07) is 12.5. The molecule has 0 saturated heterocycles. The van der Waals surface area contributed by atoms with Crippen molar-refractivity contribution in [3.8, 4) is 11.5 Å². The topological polar surface area (TPSA) is 67.8 Å². The maximum absolute atomic E-state index is 12.1. The van der Waals surface area contributed by atoms with Gasteiger partial charge >= 0.3 is 6.18 Å². The molecule has 1 aliphatic carbocycles. The fourth-order valence-electron chi connectivity index (χ4n) is 3.27. The number of alkyl halides is 3. The van der Waals surface area contributed by atoms with Crippen LogP contribution in [0.25, 0.3) is 0 Å². The van der Waals surface area contributed by atoms with Crippen molar-refractivity contribution >= 4 is 17.0 Å².